The number of nitriles is 1. The zero-order valence-corrected chi connectivity index (χ0v) is 13.2. The summed E-state index contributed by atoms with van der Waals surface area (Å²) in [6.07, 6.45) is 2.46. The molecule has 0 saturated heterocycles. The molecule has 0 spiro atoms. The highest BCUT2D eigenvalue weighted by molar-refractivity contribution is 9.10. The van der Waals surface area contributed by atoms with E-state index >= 15 is 0 Å². The van der Waals surface area contributed by atoms with Crippen molar-refractivity contribution >= 4 is 25.8 Å². The Hall–Kier alpha value is -0.860. The Morgan fingerprint density at radius 2 is 1.79 bits per heavy atom. The van der Waals surface area contributed by atoms with Crippen LogP contribution in [0.1, 0.15) is 32.6 Å². The fourth-order valence-corrected chi connectivity index (χ4v) is 4.61. The Bertz CT molecular complexity index is 593. The van der Waals surface area contributed by atoms with Crippen LogP contribution in [-0.4, -0.2) is 13.2 Å². The summed E-state index contributed by atoms with van der Waals surface area (Å²) in [5.74, 6) is 0.501. The summed E-state index contributed by atoms with van der Waals surface area (Å²) in [5, 5.41) is 9.44. The highest BCUT2D eigenvalue weighted by Gasteiger charge is 2.46. The lowest BCUT2D eigenvalue weighted by Crippen LogP contribution is -2.40. The van der Waals surface area contributed by atoms with E-state index in [1.54, 1.807) is 24.3 Å². The van der Waals surface area contributed by atoms with Gasteiger partial charge in [0.15, 0.2) is 14.6 Å². The highest BCUT2D eigenvalue weighted by Crippen LogP contribution is 2.40. The highest BCUT2D eigenvalue weighted by atomic mass is 79.9. The fraction of sp³-hybridized carbons (Fsp3) is 0.500. The Balaban J connectivity index is 2.43. The first kappa shape index (κ1) is 14.5. The lowest BCUT2D eigenvalue weighted by Gasteiger charge is -2.33. The lowest BCUT2D eigenvalue weighted by atomic mass is 9.83. The van der Waals surface area contributed by atoms with E-state index in [1.165, 1.54) is 0 Å². The summed E-state index contributed by atoms with van der Waals surface area (Å²) < 4.78 is 25.0. The van der Waals surface area contributed by atoms with Crippen molar-refractivity contribution in [2.24, 2.45) is 5.92 Å². The normalized spacial score (nSPS) is 27.7. The van der Waals surface area contributed by atoms with Crippen molar-refractivity contribution in [3.8, 4) is 6.07 Å². The molecule has 0 aromatic heterocycles. The van der Waals surface area contributed by atoms with Gasteiger partial charge in [-0.15, -0.1) is 0 Å². The molecular weight excluding hydrogens is 326 g/mol. The van der Waals surface area contributed by atoms with Crippen LogP contribution in [-0.2, 0) is 9.84 Å². The minimum atomic E-state index is -3.60. The van der Waals surface area contributed by atoms with Gasteiger partial charge in [-0.3, -0.25) is 0 Å². The fourth-order valence-electron chi connectivity index (χ4n) is 2.51. The lowest BCUT2D eigenvalue weighted by molar-refractivity contribution is 0.345. The van der Waals surface area contributed by atoms with E-state index in [0.717, 1.165) is 17.3 Å². The van der Waals surface area contributed by atoms with Gasteiger partial charge in [-0.2, -0.15) is 5.26 Å². The molecule has 1 aromatic rings. The van der Waals surface area contributed by atoms with Crippen molar-refractivity contribution in [1.29, 1.82) is 5.26 Å². The van der Waals surface area contributed by atoms with E-state index in [1.807, 2.05) is 0 Å². The van der Waals surface area contributed by atoms with E-state index in [9.17, 15) is 13.7 Å². The molecule has 3 nitrogen and oxygen atoms in total. The van der Waals surface area contributed by atoms with Crippen LogP contribution >= 0.6 is 15.9 Å². The molecule has 0 N–H and O–H groups in total. The molecule has 0 unspecified atom stereocenters. The van der Waals surface area contributed by atoms with Gasteiger partial charge in [0.2, 0.25) is 0 Å². The number of hydrogen-bond donors (Lipinski definition) is 0. The van der Waals surface area contributed by atoms with Gasteiger partial charge >= 0.3 is 0 Å². The second kappa shape index (κ2) is 5.26. The number of benzene rings is 1. The zero-order valence-electron chi connectivity index (χ0n) is 10.8. The van der Waals surface area contributed by atoms with Crippen molar-refractivity contribution in [2.75, 3.05) is 0 Å². The standard InChI is InChI=1S/C14H16BrNO2S/c1-11-6-8-14(10-16,9-7-11)19(17,18)13-4-2-12(15)3-5-13/h2-5,11H,6-9H2,1H3. The summed E-state index contributed by atoms with van der Waals surface area (Å²) in [5.41, 5.74) is 0. The van der Waals surface area contributed by atoms with Crippen molar-refractivity contribution < 1.29 is 8.42 Å². The average Bonchev–Trinajstić information content (AvgIpc) is 2.40. The maximum Gasteiger partial charge on any atom is 0.197 e. The molecule has 0 amide bonds. The van der Waals surface area contributed by atoms with Crippen molar-refractivity contribution in [3.05, 3.63) is 28.7 Å². The molecule has 1 aliphatic carbocycles. The second-order valence-electron chi connectivity index (χ2n) is 5.25. The minimum absolute atomic E-state index is 0.242. The molecule has 1 aliphatic rings. The smallest absolute Gasteiger partial charge is 0.197 e. The largest absolute Gasteiger partial charge is 0.222 e. The molecule has 1 aromatic carbocycles. The van der Waals surface area contributed by atoms with Crippen LogP contribution in [0.3, 0.4) is 0 Å². The third-order valence-electron chi connectivity index (χ3n) is 3.92. The van der Waals surface area contributed by atoms with Gasteiger partial charge in [-0.1, -0.05) is 22.9 Å². The van der Waals surface area contributed by atoms with E-state index in [0.29, 0.717) is 18.8 Å². The van der Waals surface area contributed by atoms with Gasteiger partial charge in [0, 0.05) is 4.47 Å². The van der Waals surface area contributed by atoms with Crippen LogP contribution in [0.25, 0.3) is 0 Å². The average molecular weight is 342 g/mol. The summed E-state index contributed by atoms with van der Waals surface area (Å²) in [6.45, 7) is 2.10. The molecule has 0 bridgehead atoms. The molecule has 2 rings (SSSR count). The monoisotopic (exact) mass is 341 g/mol. The zero-order chi connectivity index (χ0) is 14.1. The summed E-state index contributed by atoms with van der Waals surface area (Å²) in [4.78, 5) is 0.242. The molecule has 0 radical (unpaired) electrons. The van der Waals surface area contributed by atoms with E-state index in [-0.39, 0.29) is 4.90 Å². The second-order valence-corrected chi connectivity index (χ2v) is 8.42. The molecule has 19 heavy (non-hydrogen) atoms. The third-order valence-corrected chi connectivity index (χ3v) is 6.87. The van der Waals surface area contributed by atoms with E-state index < -0.39 is 14.6 Å². The molecule has 102 valence electrons. The number of sulfone groups is 1. The first-order valence-electron chi connectivity index (χ1n) is 6.33. The maximum atomic E-state index is 12.7. The molecule has 5 heteroatoms. The molecule has 0 atom stereocenters. The van der Waals surface area contributed by atoms with Gasteiger partial charge in [-0.05, 0) is 55.9 Å². The predicted molar refractivity (Wildman–Crippen MR) is 77.3 cm³/mol. The SMILES string of the molecule is CC1CCC(C#N)(S(=O)(=O)c2ccc(Br)cc2)CC1. The van der Waals surface area contributed by atoms with Gasteiger partial charge < -0.3 is 0 Å². The van der Waals surface area contributed by atoms with Crippen LogP contribution in [0.4, 0.5) is 0 Å². The van der Waals surface area contributed by atoms with Crippen molar-refractivity contribution in [1.82, 2.24) is 0 Å². The van der Waals surface area contributed by atoms with E-state index in [4.69, 9.17) is 0 Å². The van der Waals surface area contributed by atoms with Crippen molar-refractivity contribution in [3.63, 3.8) is 0 Å². The van der Waals surface area contributed by atoms with E-state index in [2.05, 4.69) is 28.9 Å². The van der Waals surface area contributed by atoms with Gasteiger partial charge in [0.1, 0.15) is 0 Å². The molecule has 0 heterocycles. The number of nitrogens with zero attached hydrogens (tertiary/aromatic N) is 1. The van der Waals surface area contributed by atoms with Crippen molar-refractivity contribution in [2.45, 2.75) is 42.2 Å². The predicted octanol–water partition coefficient (Wildman–Crippen LogP) is 3.70. The van der Waals surface area contributed by atoms with Gasteiger partial charge in [0.05, 0.1) is 11.0 Å². The maximum absolute atomic E-state index is 12.7. The van der Waals surface area contributed by atoms with Crippen LogP contribution in [0.15, 0.2) is 33.6 Å². The summed E-state index contributed by atoms with van der Waals surface area (Å²) >= 11 is 3.29. The Kier molecular flexibility index (Phi) is 4.03. The Morgan fingerprint density at radius 3 is 2.26 bits per heavy atom. The number of rotatable bonds is 2. The first-order valence-corrected chi connectivity index (χ1v) is 8.60. The minimum Gasteiger partial charge on any atom is -0.222 e. The van der Waals surface area contributed by atoms with Gasteiger partial charge in [-0.25, -0.2) is 8.42 Å². The Morgan fingerprint density at radius 1 is 1.26 bits per heavy atom. The molecule has 0 aliphatic heterocycles. The number of hydrogen-bond acceptors (Lipinski definition) is 3. The molecular formula is C14H16BrNO2S. The van der Waals surface area contributed by atoms with Crippen LogP contribution < -0.4 is 0 Å². The van der Waals surface area contributed by atoms with Crippen LogP contribution in [0.5, 0.6) is 0 Å². The van der Waals surface area contributed by atoms with Crippen LogP contribution in [0, 0.1) is 17.2 Å². The quantitative estimate of drug-likeness (QED) is 0.823. The topological polar surface area (TPSA) is 57.9 Å². The molecule has 1 saturated carbocycles. The summed E-state index contributed by atoms with van der Waals surface area (Å²) in [7, 11) is -3.60. The molecule has 1 fully saturated rings. The first-order chi connectivity index (χ1) is 8.91. The number of halogens is 1. The Labute approximate surface area is 122 Å². The third kappa shape index (κ3) is 2.56. The van der Waals surface area contributed by atoms with Gasteiger partial charge in [0.25, 0.3) is 0 Å². The summed E-state index contributed by atoms with van der Waals surface area (Å²) in [6, 6.07) is 8.62. The van der Waals surface area contributed by atoms with Crippen LogP contribution in [0.2, 0.25) is 0 Å².